The SMILES string of the molecule is CCS(=O)(=O)c1ccc(C(=O)NC2CCCNC2C)cc1.Cl. The second kappa shape index (κ2) is 7.94. The van der Waals surface area contributed by atoms with E-state index in [2.05, 4.69) is 17.6 Å². The van der Waals surface area contributed by atoms with Crippen LogP contribution in [0.3, 0.4) is 0 Å². The van der Waals surface area contributed by atoms with Crippen LogP contribution in [0.2, 0.25) is 0 Å². The van der Waals surface area contributed by atoms with Gasteiger partial charge in [-0.15, -0.1) is 12.4 Å². The predicted molar refractivity (Wildman–Crippen MR) is 89.4 cm³/mol. The Labute approximate surface area is 138 Å². The van der Waals surface area contributed by atoms with Gasteiger partial charge in [-0.05, 0) is 50.6 Å². The van der Waals surface area contributed by atoms with Crippen molar-refractivity contribution in [2.24, 2.45) is 0 Å². The van der Waals surface area contributed by atoms with Gasteiger partial charge in [-0.3, -0.25) is 4.79 Å². The first-order valence-electron chi connectivity index (χ1n) is 7.31. The van der Waals surface area contributed by atoms with Gasteiger partial charge in [0.25, 0.3) is 5.91 Å². The van der Waals surface area contributed by atoms with Crippen molar-refractivity contribution in [1.29, 1.82) is 0 Å². The number of hydrogen-bond donors (Lipinski definition) is 2. The summed E-state index contributed by atoms with van der Waals surface area (Å²) in [5.74, 6) is -0.0972. The van der Waals surface area contributed by atoms with E-state index in [0.717, 1.165) is 19.4 Å². The number of nitrogens with one attached hydrogen (secondary N) is 2. The molecule has 1 aliphatic rings. The highest BCUT2D eigenvalue weighted by Crippen LogP contribution is 2.14. The number of sulfone groups is 1. The van der Waals surface area contributed by atoms with Crippen LogP contribution in [0.1, 0.15) is 37.0 Å². The molecule has 124 valence electrons. The standard InChI is InChI=1S/C15H22N2O3S.ClH/c1-3-21(19,20)13-8-6-12(7-9-13)15(18)17-14-5-4-10-16-11(14)2;/h6-9,11,14,16H,3-5,10H2,1-2H3,(H,17,18);1H. The van der Waals surface area contributed by atoms with E-state index in [1.54, 1.807) is 19.1 Å². The molecule has 0 bridgehead atoms. The quantitative estimate of drug-likeness (QED) is 0.871. The van der Waals surface area contributed by atoms with Gasteiger partial charge in [0.05, 0.1) is 10.6 Å². The zero-order valence-electron chi connectivity index (χ0n) is 12.8. The molecule has 2 unspecified atom stereocenters. The normalized spacial score (nSPS) is 21.7. The summed E-state index contributed by atoms with van der Waals surface area (Å²) in [4.78, 5) is 12.5. The molecule has 7 heteroatoms. The Morgan fingerprint density at radius 1 is 1.32 bits per heavy atom. The predicted octanol–water partition coefficient (Wildman–Crippen LogP) is 1.77. The molecule has 2 N–H and O–H groups in total. The molecule has 0 aromatic heterocycles. The number of carbonyl (C=O) groups is 1. The third kappa shape index (κ3) is 4.44. The molecule has 2 rings (SSSR count). The molecule has 5 nitrogen and oxygen atoms in total. The van der Waals surface area contributed by atoms with Gasteiger partial charge in [-0.2, -0.15) is 0 Å². The third-order valence-electron chi connectivity index (χ3n) is 3.93. The van der Waals surface area contributed by atoms with Crippen molar-refractivity contribution in [3.63, 3.8) is 0 Å². The molecule has 1 aliphatic heterocycles. The molecule has 1 amide bonds. The van der Waals surface area contributed by atoms with Crippen LogP contribution in [-0.2, 0) is 9.84 Å². The largest absolute Gasteiger partial charge is 0.348 e. The molecular weight excluding hydrogens is 324 g/mol. The molecule has 0 spiro atoms. The van der Waals surface area contributed by atoms with Crippen molar-refractivity contribution >= 4 is 28.2 Å². The number of carbonyl (C=O) groups excluding carboxylic acids is 1. The summed E-state index contributed by atoms with van der Waals surface area (Å²) in [6, 6.07) is 6.50. The molecule has 0 aliphatic carbocycles. The van der Waals surface area contributed by atoms with Crippen molar-refractivity contribution in [2.75, 3.05) is 12.3 Å². The second-order valence-corrected chi connectivity index (χ2v) is 7.67. The Hall–Kier alpha value is -1.11. The Bertz CT molecular complexity index is 602. The summed E-state index contributed by atoms with van der Waals surface area (Å²) in [5, 5.41) is 6.34. The van der Waals surface area contributed by atoms with E-state index in [-0.39, 0.29) is 41.0 Å². The number of piperidine rings is 1. The van der Waals surface area contributed by atoms with E-state index in [9.17, 15) is 13.2 Å². The van der Waals surface area contributed by atoms with Crippen LogP contribution in [0.5, 0.6) is 0 Å². The van der Waals surface area contributed by atoms with Crippen molar-refractivity contribution in [3.05, 3.63) is 29.8 Å². The molecule has 22 heavy (non-hydrogen) atoms. The molecule has 1 heterocycles. The fourth-order valence-corrected chi connectivity index (χ4v) is 3.36. The van der Waals surface area contributed by atoms with Crippen LogP contribution in [0.4, 0.5) is 0 Å². The van der Waals surface area contributed by atoms with Crippen LogP contribution < -0.4 is 10.6 Å². The van der Waals surface area contributed by atoms with E-state index >= 15 is 0 Å². The molecule has 1 aromatic carbocycles. The number of halogens is 1. The van der Waals surface area contributed by atoms with Crippen molar-refractivity contribution in [2.45, 2.75) is 43.7 Å². The van der Waals surface area contributed by atoms with Gasteiger partial charge >= 0.3 is 0 Å². The number of hydrogen-bond acceptors (Lipinski definition) is 4. The lowest BCUT2D eigenvalue weighted by Crippen LogP contribution is -2.51. The number of amides is 1. The number of benzene rings is 1. The first kappa shape index (κ1) is 18.9. The Morgan fingerprint density at radius 2 is 1.95 bits per heavy atom. The summed E-state index contributed by atoms with van der Waals surface area (Å²) < 4.78 is 23.5. The second-order valence-electron chi connectivity index (χ2n) is 5.39. The van der Waals surface area contributed by atoms with Gasteiger partial charge in [0.1, 0.15) is 0 Å². The minimum absolute atomic E-state index is 0. The summed E-state index contributed by atoms with van der Waals surface area (Å²) in [7, 11) is -3.22. The zero-order chi connectivity index (χ0) is 15.5. The zero-order valence-corrected chi connectivity index (χ0v) is 14.5. The molecular formula is C15H23ClN2O3S. The van der Waals surface area contributed by atoms with Crippen molar-refractivity contribution in [3.8, 4) is 0 Å². The first-order chi connectivity index (χ1) is 9.94. The van der Waals surface area contributed by atoms with Gasteiger partial charge < -0.3 is 10.6 Å². The highest BCUT2D eigenvalue weighted by molar-refractivity contribution is 7.91. The Balaban J connectivity index is 0.00000242. The average molecular weight is 347 g/mol. The average Bonchev–Trinajstić information content (AvgIpc) is 2.49. The molecule has 1 fully saturated rings. The van der Waals surface area contributed by atoms with E-state index in [1.165, 1.54) is 12.1 Å². The van der Waals surface area contributed by atoms with Crippen LogP contribution in [0.15, 0.2) is 29.2 Å². The topological polar surface area (TPSA) is 75.3 Å². The monoisotopic (exact) mass is 346 g/mol. The molecule has 0 saturated carbocycles. The third-order valence-corrected chi connectivity index (χ3v) is 5.68. The molecule has 2 atom stereocenters. The van der Waals surface area contributed by atoms with E-state index in [0.29, 0.717) is 5.56 Å². The summed E-state index contributed by atoms with van der Waals surface area (Å²) in [5.41, 5.74) is 0.489. The van der Waals surface area contributed by atoms with Gasteiger partial charge in [0.15, 0.2) is 9.84 Å². The fraction of sp³-hybridized carbons (Fsp3) is 0.533. The van der Waals surface area contributed by atoms with E-state index < -0.39 is 9.84 Å². The Kier molecular flexibility index (Phi) is 6.84. The Morgan fingerprint density at radius 3 is 2.50 bits per heavy atom. The van der Waals surface area contributed by atoms with Crippen molar-refractivity contribution in [1.82, 2.24) is 10.6 Å². The van der Waals surface area contributed by atoms with Gasteiger partial charge in [-0.25, -0.2) is 8.42 Å². The molecule has 1 saturated heterocycles. The summed E-state index contributed by atoms with van der Waals surface area (Å²) >= 11 is 0. The van der Waals surface area contributed by atoms with Crippen LogP contribution in [-0.4, -0.2) is 38.7 Å². The maximum absolute atomic E-state index is 12.2. The van der Waals surface area contributed by atoms with Gasteiger partial charge in [0.2, 0.25) is 0 Å². The maximum Gasteiger partial charge on any atom is 0.251 e. The highest BCUT2D eigenvalue weighted by atomic mass is 35.5. The molecule has 0 radical (unpaired) electrons. The lowest BCUT2D eigenvalue weighted by Gasteiger charge is -2.30. The minimum Gasteiger partial charge on any atom is -0.348 e. The van der Waals surface area contributed by atoms with Crippen LogP contribution in [0, 0.1) is 0 Å². The van der Waals surface area contributed by atoms with E-state index in [1.807, 2.05) is 0 Å². The van der Waals surface area contributed by atoms with Crippen LogP contribution >= 0.6 is 12.4 Å². The lowest BCUT2D eigenvalue weighted by atomic mass is 9.99. The summed E-state index contributed by atoms with van der Waals surface area (Å²) in [6.45, 7) is 4.64. The van der Waals surface area contributed by atoms with Crippen molar-refractivity contribution < 1.29 is 13.2 Å². The van der Waals surface area contributed by atoms with E-state index in [4.69, 9.17) is 0 Å². The van der Waals surface area contributed by atoms with Crippen LogP contribution in [0.25, 0.3) is 0 Å². The van der Waals surface area contributed by atoms with Gasteiger partial charge in [0, 0.05) is 17.6 Å². The highest BCUT2D eigenvalue weighted by Gasteiger charge is 2.23. The lowest BCUT2D eigenvalue weighted by molar-refractivity contribution is 0.0919. The first-order valence-corrected chi connectivity index (χ1v) is 8.96. The minimum atomic E-state index is -3.22. The number of rotatable bonds is 4. The molecule has 1 aromatic rings. The smallest absolute Gasteiger partial charge is 0.251 e. The van der Waals surface area contributed by atoms with Gasteiger partial charge in [-0.1, -0.05) is 6.92 Å². The summed E-state index contributed by atoms with van der Waals surface area (Å²) in [6.07, 6.45) is 2.01. The maximum atomic E-state index is 12.2. The fourth-order valence-electron chi connectivity index (χ4n) is 2.47.